The number of carbonyl (C=O) groups excluding carboxylic acids is 1. The summed E-state index contributed by atoms with van der Waals surface area (Å²) in [6, 6.07) is 15.0. The van der Waals surface area contributed by atoms with E-state index in [1.165, 1.54) is 0 Å². The summed E-state index contributed by atoms with van der Waals surface area (Å²) in [6.07, 6.45) is -0.0704. The first-order chi connectivity index (χ1) is 13.2. The first kappa shape index (κ1) is 17.1. The lowest BCUT2D eigenvalue weighted by atomic mass is 10.1. The van der Waals surface area contributed by atoms with Crippen LogP contribution in [0.4, 0.5) is 5.69 Å². The number of ether oxygens (including phenoxy) is 2. The second-order valence-electron chi connectivity index (χ2n) is 6.21. The maximum Gasteiger partial charge on any atom is 0.267 e. The Labute approximate surface area is 156 Å². The molecule has 0 saturated carbocycles. The monoisotopic (exact) mass is 365 g/mol. The van der Waals surface area contributed by atoms with Gasteiger partial charge in [-0.15, -0.1) is 0 Å². The van der Waals surface area contributed by atoms with Crippen molar-refractivity contribution < 1.29 is 18.8 Å². The molecule has 0 spiro atoms. The number of rotatable bonds is 5. The van der Waals surface area contributed by atoms with Crippen LogP contribution in [0.5, 0.6) is 11.5 Å². The van der Waals surface area contributed by atoms with Crippen LogP contribution in [-0.2, 0) is 11.2 Å². The van der Waals surface area contributed by atoms with Gasteiger partial charge in [0.25, 0.3) is 5.91 Å². The number of anilines is 1. The number of amides is 1. The minimum atomic E-state index is -0.519. The molecular formula is C20H19N3O4. The van der Waals surface area contributed by atoms with Gasteiger partial charge < -0.3 is 18.9 Å². The van der Waals surface area contributed by atoms with Crippen LogP contribution in [0.3, 0.4) is 0 Å². The molecule has 7 heteroatoms. The van der Waals surface area contributed by atoms with Crippen molar-refractivity contribution in [2.45, 2.75) is 19.4 Å². The van der Waals surface area contributed by atoms with Gasteiger partial charge in [0, 0.05) is 18.5 Å². The molecule has 2 aromatic carbocycles. The summed E-state index contributed by atoms with van der Waals surface area (Å²) < 4.78 is 16.2. The van der Waals surface area contributed by atoms with E-state index in [2.05, 4.69) is 10.1 Å². The van der Waals surface area contributed by atoms with Crippen LogP contribution in [0.15, 0.2) is 53.1 Å². The summed E-state index contributed by atoms with van der Waals surface area (Å²) in [6.45, 7) is 2.18. The fourth-order valence-corrected chi connectivity index (χ4v) is 3.03. The third kappa shape index (κ3) is 3.36. The predicted molar refractivity (Wildman–Crippen MR) is 98.9 cm³/mol. The third-order valence-electron chi connectivity index (χ3n) is 4.42. The van der Waals surface area contributed by atoms with E-state index in [1.54, 1.807) is 18.9 Å². The Balaban J connectivity index is 1.51. The van der Waals surface area contributed by atoms with Gasteiger partial charge in [-0.2, -0.15) is 4.98 Å². The molecule has 4 rings (SSSR count). The van der Waals surface area contributed by atoms with E-state index in [9.17, 15) is 4.79 Å². The normalized spacial score (nSPS) is 16.0. The molecule has 2 heterocycles. The molecule has 138 valence electrons. The third-order valence-corrected chi connectivity index (χ3v) is 4.42. The van der Waals surface area contributed by atoms with E-state index < -0.39 is 6.10 Å². The summed E-state index contributed by atoms with van der Waals surface area (Å²) in [5, 5.41) is 4.03. The summed E-state index contributed by atoms with van der Waals surface area (Å²) in [4.78, 5) is 18.7. The second-order valence-corrected chi connectivity index (χ2v) is 6.21. The second kappa shape index (κ2) is 7.11. The quantitative estimate of drug-likeness (QED) is 0.691. The van der Waals surface area contributed by atoms with Crippen LogP contribution in [0.2, 0.25) is 0 Å². The van der Waals surface area contributed by atoms with Crippen LogP contribution in [0.1, 0.15) is 12.8 Å². The van der Waals surface area contributed by atoms with Crippen molar-refractivity contribution in [2.75, 3.05) is 18.6 Å². The fourth-order valence-electron chi connectivity index (χ4n) is 3.03. The molecule has 0 N–H and O–H groups in total. The molecule has 1 amide bonds. The van der Waals surface area contributed by atoms with Gasteiger partial charge in [0.05, 0.1) is 12.8 Å². The molecule has 0 radical (unpaired) electrons. The van der Waals surface area contributed by atoms with Gasteiger partial charge in [-0.1, -0.05) is 29.4 Å². The maximum atomic E-state index is 12.5. The molecule has 1 aliphatic rings. The lowest BCUT2D eigenvalue weighted by molar-refractivity contribution is -0.125. The van der Waals surface area contributed by atoms with Crippen molar-refractivity contribution in [2.24, 2.45) is 0 Å². The lowest BCUT2D eigenvalue weighted by Crippen LogP contribution is -2.45. The molecule has 1 aromatic heterocycles. The number of hydrogen-bond acceptors (Lipinski definition) is 6. The van der Waals surface area contributed by atoms with E-state index >= 15 is 0 Å². The highest BCUT2D eigenvalue weighted by molar-refractivity contribution is 5.99. The lowest BCUT2D eigenvalue weighted by Gasteiger charge is -2.32. The van der Waals surface area contributed by atoms with Gasteiger partial charge in [0.15, 0.2) is 6.10 Å². The topological polar surface area (TPSA) is 77.7 Å². The van der Waals surface area contributed by atoms with Crippen LogP contribution in [-0.4, -0.2) is 35.8 Å². The first-order valence-corrected chi connectivity index (χ1v) is 8.70. The largest absolute Gasteiger partial charge is 0.497 e. The number of benzene rings is 2. The van der Waals surface area contributed by atoms with Gasteiger partial charge in [-0.25, -0.2) is 0 Å². The highest BCUT2D eigenvalue weighted by atomic mass is 16.5. The average molecular weight is 365 g/mol. The predicted octanol–water partition coefficient (Wildman–Crippen LogP) is 3.10. The summed E-state index contributed by atoms with van der Waals surface area (Å²) >= 11 is 0. The number of nitrogens with zero attached hydrogens (tertiary/aromatic N) is 3. The Morgan fingerprint density at radius 2 is 2.04 bits per heavy atom. The summed E-state index contributed by atoms with van der Waals surface area (Å²) in [7, 11) is 1.61. The van der Waals surface area contributed by atoms with Gasteiger partial charge in [-0.3, -0.25) is 4.79 Å². The van der Waals surface area contributed by atoms with Crippen molar-refractivity contribution in [3.05, 3.63) is 54.4 Å². The minimum absolute atomic E-state index is 0.0822. The van der Waals surface area contributed by atoms with Crippen LogP contribution in [0, 0.1) is 0 Å². The highest BCUT2D eigenvalue weighted by Gasteiger charge is 2.31. The molecule has 0 aliphatic carbocycles. The molecule has 0 fully saturated rings. The van der Waals surface area contributed by atoms with Crippen LogP contribution >= 0.6 is 0 Å². The fraction of sp³-hybridized carbons (Fsp3) is 0.250. The van der Waals surface area contributed by atoms with E-state index in [0.29, 0.717) is 30.4 Å². The Morgan fingerprint density at radius 3 is 2.89 bits per heavy atom. The molecule has 27 heavy (non-hydrogen) atoms. The van der Waals surface area contributed by atoms with Crippen molar-refractivity contribution in [3.63, 3.8) is 0 Å². The Hall–Kier alpha value is -3.35. The summed E-state index contributed by atoms with van der Waals surface area (Å²) in [5.74, 6) is 2.31. The van der Waals surface area contributed by atoms with Crippen LogP contribution in [0.25, 0.3) is 11.4 Å². The van der Waals surface area contributed by atoms with Crippen molar-refractivity contribution in [3.8, 4) is 22.9 Å². The number of hydrogen-bond donors (Lipinski definition) is 0. The number of methoxy groups -OCH3 is 1. The van der Waals surface area contributed by atoms with E-state index in [4.69, 9.17) is 14.0 Å². The van der Waals surface area contributed by atoms with E-state index in [-0.39, 0.29) is 5.91 Å². The SMILES string of the molecule is COc1cccc(-c2noc(CCN3C(=O)C(C)Oc4ccccc43)n2)c1. The van der Waals surface area contributed by atoms with Crippen LogP contribution < -0.4 is 14.4 Å². The zero-order valence-corrected chi connectivity index (χ0v) is 15.1. The Kier molecular flexibility index (Phi) is 4.50. The molecule has 1 unspecified atom stereocenters. The van der Waals surface area contributed by atoms with Gasteiger partial charge in [0.1, 0.15) is 11.5 Å². The van der Waals surface area contributed by atoms with Crippen molar-refractivity contribution >= 4 is 11.6 Å². The molecule has 7 nitrogen and oxygen atoms in total. The number of para-hydroxylation sites is 2. The average Bonchev–Trinajstić information content (AvgIpc) is 3.17. The molecular weight excluding hydrogens is 346 g/mol. The molecule has 0 saturated heterocycles. The smallest absolute Gasteiger partial charge is 0.267 e. The zero-order chi connectivity index (χ0) is 18.8. The maximum absolute atomic E-state index is 12.5. The van der Waals surface area contributed by atoms with Gasteiger partial charge in [0.2, 0.25) is 11.7 Å². The molecule has 1 atom stereocenters. The standard InChI is InChI=1S/C20H19N3O4/c1-13-20(24)23(16-8-3-4-9-17(16)26-13)11-10-18-21-19(22-27-18)14-6-5-7-15(12-14)25-2/h3-9,12-13H,10-11H2,1-2H3. The van der Waals surface area contributed by atoms with Gasteiger partial charge >= 0.3 is 0 Å². The van der Waals surface area contributed by atoms with Crippen molar-refractivity contribution in [1.29, 1.82) is 0 Å². The van der Waals surface area contributed by atoms with Crippen molar-refractivity contribution in [1.82, 2.24) is 10.1 Å². The molecule has 0 bridgehead atoms. The summed E-state index contributed by atoms with van der Waals surface area (Å²) in [5.41, 5.74) is 1.57. The Morgan fingerprint density at radius 1 is 1.19 bits per heavy atom. The van der Waals surface area contributed by atoms with Gasteiger partial charge in [-0.05, 0) is 31.2 Å². The number of carbonyl (C=O) groups is 1. The minimum Gasteiger partial charge on any atom is -0.497 e. The van der Waals surface area contributed by atoms with E-state index in [1.807, 2.05) is 48.5 Å². The highest BCUT2D eigenvalue weighted by Crippen LogP contribution is 2.33. The zero-order valence-electron chi connectivity index (χ0n) is 15.1. The number of fused-ring (bicyclic) bond motifs is 1. The van der Waals surface area contributed by atoms with E-state index in [0.717, 1.165) is 17.0 Å². The first-order valence-electron chi connectivity index (χ1n) is 8.70. The Bertz CT molecular complexity index is 969. The molecule has 3 aromatic rings. The number of aromatic nitrogens is 2. The molecule has 1 aliphatic heterocycles.